The summed E-state index contributed by atoms with van der Waals surface area (Å²) < 4.78 is 28.8. The smallest absolute Gasteiger partial charge is 0.387 e. The summed E-state index contributed by atoms with van der Waals surface area (Å²) in [7, 11) is 0. The van der Waals surface area contributed by atoms with Crippen molar-refractivity contribution >= 4 is 11.7 Å². The molecule has 0 saturated heterocycles. The van der Waals surface area contributed by atoms with Gasteiger partial charge in [-0.15, -0.1) is 0 Å². The summed E-state index contributed by atoms with van der Waals surface area (Å²) in [5.41, 5.74) is 0.972. The summed E-state index contributed by atoms with van der Waals surface area (Å²) in [5, 5.41) is 2.52. The lowest BCUT2D eigenvalue weighted by molar-refractivity contribution is -0.0501. The van der Waals surface area contributed by atoms with Crippen LogP contribution >= 0.6 is 0 Å². The predicted octanol–water partition coefficient (Wildman–Crippen LogP) is 3.24. The number of nitrogens with one attached hydrogen (secondary N) is 1. The van der Waals surface area contributed by atoms with Gasteiger partial charge in [-0.2, -0.15) is 8.78 Å². The normalized spacial score (nSPS) is 10.4. The lowest BCUT2D eigenvalue weighted by Gasteiger charge is -2.10. The van der Waals surface area contributed by atoms with E-state index in [0.717, 1.165) is 5.56 Å². The average Bonchev–Trinajstić information content (AvgIpc) is 2.41. The number of halogens is 2. The molecule has 0 fully saturated rings. The van der Waals surface area contributed by atoms with Crippen LogP contribution in [0.1, 0.15) is 15.9 Å². The quantitative estimate of drug-likeness (QED) is 0.934. The number of carbonyl (C=O) groups is 1. The molecule has 1 amide bonds. The number of para-hydroxylation sites is 1. The topological polar surface area (TPSA) is 51.2 Å². The Hall–Kier alpha value is -2.50. The SMILES string of the molecule is Cc1ccc(NC(=O)c2ccccc2OC(F)F)nc1. The fourth-order valence-electron chi connectivity index (χ4n) is 1.58. The van der Waals surface area contributed by atoms with Gasteiger partial charge in [0.15, 0.2) is 0 Å². The number of nitrogens with zero attached hydrogens (tertiary/aromatic N) is 1. The fourth-order valence-corrected chi connectivity index (χ4v) is 1.58. The molecular formula is C14H12F2N2O2. The molecule has 1 aromatic carbocycles. The summed E-state index contributed by atoms with van der Waals surface area (Å²) in [6.45, 7) is -1.12. The first-order valence-electron chi connectivity index (χ1n) is 5.84. The maximum Gasteiger partial charge on any atom is 0.387 e. The molecular weight excluding hydrogens is 266 g/mol. The standard InChI is InChI=1S/C14H12F2N2O2/c1-9-6-7-12(17-8-9)18-13(19)10-4-2-3-5-11(10)20-14(15)16/h2-8,14H,1H3,(H,17,18,19). The molecule has 0 unspecified atom stereocenters. The maximum absolute atomic E-state index is 12.3. The number of amides is 1. The monoisotopic (exact) mass is 278 g/mol. The maximum atomic E-state index is 12.3. The van der Waals surface area contributed by atoms with Crippen molar-refractivity contribution in [1.29, 1.82) is 0 Å². The van der Waals surface area contributed by atoms with Crippen LogP contribution in [0.4, 0.5) is 14.6 Å². The van der Waals surface area contributed by atoms with Gasteiger partial charge in [0.1, 0.15) is 11.6 Å². The lowest BCUT2D eigenvalue weighted by Crippen LogP contribution is -2.15. The zero-order valence-electron chi connectivity index (χ0n) is 10.6. The molecule has 0 aliphatic rings. The van der Waals surface area contributed by atoms with Crippen LogP contribution in [0.3, 0.4) is 0 Å². The second-order valence-corrected chi connectivity index (χ2v) is 4.05. The van der Waals surface area contributed by atoms with Crippen LogP contribution < -0.4 is 10.1 Å². The second-order valence-electron chi connectivity index (χ2n) is 4.05. The molecule has 1 heterocycles. The van der Waals surface area contributed by atoms with Gasteiger partial charge in [-0.05, 0) is 30.7 Å². The molecule has 0 spiro atoms. The molecule has 104 valence electrons. The number of alkyl halides is 2. The highest BCUT2D eigenvalue weighted by molar-refractivity contribution is 6.05. The average molecular weight is 278 g/mol. The third kappa shape index (κ3) is 3.50. The molecule has 0 aliphatic heterocycles. The number of hydrogen-bond acceptors (Lipinski definition) is 3. The van der Waals surface area contributed by atoms with Crippen LogP contribution in [0, 0.1) is 6.92 Å². The van der Waals surface area contributed by atoms with E-state index >= 15 is 0 Å². The van der Waals surface area contributed by atoms with Crippen molar-refractivity contribution in [1.82, 2.24) is 4.98 Å². The van der Waals surface area contributed by atoms with Crippen molar-refractivity contribution in [3.8, 4) is 5.75 Å². The van der Waals surface area contributed by atoms with Gasteiger partial charge in [0.2, 0.25) is 0 Å². The first-order valence-corrected chi connectivity index (χ1v) is 5.84. The summed E-state index contributed by atoms with van der Waals surface area (Å²) in [6, 6.07) is 9.20. The van der Waals surface area contributed by atoms with E-state index in [1.54, 1.807) is 24.4 Å². The Bertz CT molecular complexity index is 600. The van der Waals surface area contributed by atoms with Gasteiger partial charge in [-0.25, -0.2) is 4.98 Å². The van der Waals surface area contributed by atoms with E-state index in [1.165, 1.54) is 18.2 Å². The van der Waals surface area contributed by atoms with Gasteiger partial charge in [-0.1, -0.05) is 18.2 Å². The highest BCUT2D eigenvalue weighted by Gasteiger charge is 2.15. The predicted molar refractivity (Wildman–Crippen MR) is 70.0 cm³/mol. The molecule has 20 heavy (non-hydrogen) atoms. The minimum Gasteiger partial charge on any atom is -0.434 e. The number of pyridine rings is 1. The van der Waals surface area contributed by atoms with Gasteiger partial charge in [0, 0.05) is 6.20 Å². The fraction of sp³-hybridized carbons (Fsp3) is 0.143. The molecule has 0 aliphatic carbocycles. The Kier molecular flexibility index (Phi) is 4.24. The van der Waals surface area contributed by atoms with Gasteiger partial charge >= 0.3 is 6.61 Å². The Morgan fingerprint density at radius 2 is 2.00 bits per heavy atom. The highest BCUT2D eigenvalue weighted by Crippen LogP contribution is 2.21. The van der Waals surface area contributed by atoms with Crippen LogP contribution in [0.15, 0.2) is 42.6 Å². The molecule has 1 N–H and O–H groups in total. The number of hydrogen-bond donors (Lipinski definition) is 1. The first-order chi connectivity index (χ1) is 9.56. The molecule has 0 bridgehead atoms. The molecule has 0 radical (unpaired) electrons. The summed E-state index contributed by atoms with van der Waals surface area (Å²) in [6.07, 6.45) is 1.59. The summed E-state index contributed by atoms with van der Waals surface area (Å²) >= 11 is 0. The van der Waals surface area contributed by atoms with Gasteiger partial charge in [-0.3, -0.25) is 4.79 Å². The Morgan fingerprint density at radius 3 is 2.65 bits per heavy atom. The minimum atomic E-state index is -2.98. The zero-order chi connectivity index (χ0) is 14.5. The van der Waals surface area contributed by atoms with E-state index in [9.17, 15) is 13.6 Å². The van der Waals surface area contributed by atoms with Gasteiger partial charge in [0.25, 0.3) is 5.91 Å². The van der Waals surface area contributed by atoms with Crippen molar-refractivity contribution in [2.24, 2.45) is 0 Å². The number of ether oxygens (including phenoxy) is 1. The lowest BCUT2D eigenvalue weighted by atomic mass is 10.2. The van der Waals surface area contributed by atoms with Gasteiger partial charge in [0.05, 0.1) is 5.56 Å². The summed E-state index contributed by atoms with van der Waals surface area (Å²) in [4.78, 5) is 16.0. The van der Waals surface area contributed by atoms with Crippen molar-refractivity contribution in [3.63, 3.8) is 0 Å². The number of rotatable bonds is 4. The van der Waals surface area contributed by atoms with Crippen LogP contribution in [0.2, 0.25) is 0 Å². The van der Waals surface area contributed by atoms with E-state index in [0.29, 0.717) is 5.82 Å². The van der Waals surface area contributed by atoms with E-state index in [2.05, 4.69) is 15.0 Å². The van der Waals surface area contributed by atoms with Crippen molar-refractivity contribution in [3.05, 3.63) is 53.7 Å². The Morgan fingerprint density at radius 1 is 1.25 bits per heavy atom. The van der Waals surface area contributed by atoms with Crippen LogP contribution in [-0.2, 0) is 0 Å². The third-order valence-electron chi connectivity index (χ3n) is 2.50. The van der Waals surface area contributed by atoms with E-state index in [1.807, 2.05) is 6.92 Å². The van der Waals surface area contributed by atoms with E-state index in [-0.39, 0.29) is 11.3 Å². The van der Waals surface area contributed by atoms with Crippen LogP contribution in [-0.4, -0.2) is 17.5 Å². The van der Waals surface area contributed by atoms with Crippen molar-refractivity contribution in [2.75, 3.05) is 5.32 Å². The highest BCUT2D eigenvalue weighted by atomic mass is 19.3. The molecule has 4 nitrogen and oxygen atoms in total. The second kappa shape index (κ2) is 6.10. The summed E-state index contributed by atoms with van der Waals surface area (Å²) in [5.74, 6) is -0.392. The van der Waals surface area contributed by atoms with Crippen molar-refractivity contribution in [2.45, 2.75) is 13.5 Å². The number of aromatic nitrogens is 1. The van der Waals surface area contributed by atoms with Crippen molar-refractivity contribution < 1.29 is 18.3 Å². The molecule has 0 atom stereocenters. The van der Waals surface area contributed by atoms with E-state index in [4.69, 9.17) is 0 Å². The van der Waals surface area contributed by atoms with Crippen LogP contribution in [0.5, 0.6) is 5.75 Å². The third-order valence-corrected chi connectivity index (χ3v) is 2.50. The molecule has 1 aromatic heterocycles. The zero-order valence-corrected chi connectivity index (χ0v) is 10.6. The van der Waals surface area contributed by atoms with E-state index < -0.39 is 12.5 Å². The first kappa shape index (κ1) is 13.9. The Labute approximate surface area is 114 Å². The molecule has 0 saturated carbocycles. The largest absolute Gasteiger partial charge is 0.434 e. The molecule has 2 rings (SSSR count). The van der Waals surface area contributed by atoms with Crippen LogP contribution in [0.25, 0.3) is 0 Å². The Balaban J connectivity index is 2.18. The number of anilines is 1. The molecule has 6 heteroatoms. The number of carbonyl (C=O) groups excluding carboxylic acids is 1. The van der Waals surface area contributed by atoms with Gasteiger partial charge < -0.3 is 10.1 Å². The minimum absolute atomic E-state index is 0.0233. The molecule has 2 aromatic rings. The number of aryl methyl sites for hydroxylation is 1. The number of benzene rings is 1.